The van der Waals surface area contributed by atoms with E-state index in [9.17, 15) is 4.79 Å². The number of halogens is 1. The molecule has 2 aromatic rings. The van der Waals surface area contributed by atoms with Gasteiger partial charge in [0.25, 0.3) is 5.91 Å². The lowest BCUT2D eigenvalue weighted by Gasteiger charge is -2.23. The predicted octanol–water partition coefficient (Wildman–Crippen LogP) is 3.25. The molecule has 4 rings (SSSR count). The number of aliphatic hydroxyl groups is 1. The molecule has 1 atom stereocenters. The molecule has 0 aromatic heterocycles. The number of nitrogens with zero attached hydrogens (tertiary/aromatic N) is 1. The highest BCUT2D eigenvalue weighted by atomic mass is 79.9. The summed E-state index contributed by atoms with van der Waals surface area (Å²) in [5, 5.41) is 12.0. The van der Waals surface area contributed by atoms with E-state index in [1.165, 1.54) is 0 Å². The SMILES string of the molecule is O=C(NC1CC1)[C@@]1(Cc2ccc(Br)cc2)COC(c2ccc(OCCCO)cc2)=N1. The molecule has 1 aliphatic heterocycles. The van der Waals surface area contributed by atoms with E-state index in [1.54, 1.807) is 0 Å². The second-order valence-electron chi connectivity index (χ2n) is 7.74. The Bertz CT molecular complexity index is 910. The molecule has 0 unspecified atom stereocenters. The van der Waals surface area contributed by atoms with Crippen molar-refractivity contribution in [2.45, 2.75) is 37.3 Å². The number of ether oxygens (including phenoxy) is 2. The molecule has 0 saturated heterocycles. The molecule has 1 fully saturated rings. The van der Waals surface area contributed by atoms with Gasteiger partial charge in [0.05, 0.1) is 6.61 Å². The number of aliphatic imine (C=N–C) groups is 1. The first kappa shape index (κ1) is 20.9. The van der Waals surface area contributed by atoms with Crippen molar-refractivity contribution in [3.05, 3.63) is 64.1 Å². The maximum Gasteiger partial charge on any atom is 0.252 e. The summed E-state index contributed by atoms with van der Waals surface area (Å²) < 4.78 is 12.5. The fourth-order valence-electron chi connectivity index (χ4n) is 3.32. The Hall–Kier alpha value is -2.38. The number of hydrogen-bond acceptors (Lipinski definition) is 5. The first-order valence-electron chi connectivity index (χ1n) is 10.2. The van der Waals surface area contributed by atoms with Crippen LogP contribution < -0.4 is 10.1 Å². The maximum absolute atomic E-state index is 13.1. The molecule has 1 heterocycles. The van der Waals surface area contributed by atoms with Crippen molar-refractivity contribution in [3.8, 4) is 5.75 Å². The van der Waals surface area contributed by atoms with Crippen molar-refractivity contribution in [1.29, 1.82) is 0 Å². The van der Waals surface area contributed by atoms with Gasteiger partial charge >= 0.3 is 0 Å². The van der Waals surface area contributed by atoms with Gasteiger partial charge in [0.15, 0.2) is 5.54 Å². The Morgan fingerprint density at radius 2 is 1.93 bits per heavy atom. The molecular formula is C23H25BrN2O4. The van der Waals surface area contributed by atoms with Gasteiger partial charge in [-0.15, -0.1) is 0 Å². The Balaban J connectivity index is 1.54. The third-order valence-corrected chi connectivity index (χ3v) is 5.71. The third-order valence-electron chi connectivity index (χ3n) is 5.18. The second kappa shape index (κ2) is 9.18. The largest absolute Gasteiger partial charge is 0.494 e. The van der Waals surface area contributed by atoms with Crippen molar-refractivity contribution >= 4 is 27.7 Å². The number of amides is 1. The molecular weight excluding hydrogens is 448 g/mol. The number of hydrogen-bond donors (Lipinski definition) is 2. The van der Waals surface area contributed by atoms with Crippen LogP contribution in [0.1, 0.15) is 30.4 Å². The van der Waals surface area contributed by atoms with Gasteiger partial charge in [0.1, 0.15) is 12.4 Å². The lowest BCUT2D eigenvalue weighted by Crippen LogP contribution is -2.49. The lowest BCUT2D eigenvalue weighted by molar-refractivity contribution is -0.126. The van der Waals surface area contributed by atoms with E-state index < -0.39 is 5.54 Å². The van der Waals surface area contributed by atoms with Crippen molar-refractivity contribution in [3.63, 3.8) is 0 Å². The van der Waals surface area contributed by atoms with Gasteiger partial charge in [-0.05, 0) is 54.8 Å². The van der Waals surface area contributed by atoms with E-state index in [4.69, 9.17) is 19.6 Å². The zero-order valence-corrected chi connectivity index (χ0v) is 18.2. The average Bonchev–Trinajstić information content (AvgIpc) is 3.47. The average molecular weight is 473 g/mol. The summed E-state index contributed by atoms with van der Waals surface area (Å²) in [7, 11) is 0. The molecule has 7 heteroatoms. The van der Waals surface area contributed by atoms with Gasteiger partial charge in [-0.2, -0.15) is 0 Å². The number of benzene rings is 2. The number of carbonyl (C=O) groups excluding carboxylic acids is 1. The van der Waals surface area contributed by atoms with Crippen LogP contribution in [0.2, 0.25) is 0 Å². The van der Waals surface area contributed by atoms with Crippen LogP contribution in [0, 0.1) is 0 Å². The third kappa shape index (κ3) is 5.02. The molecule has 2 aliphatic rings. The number of nitrogens with one attached hydrogen (secondary N) is 1. The Morgan fingerprint density at radius 1 is 1.20 bits per heavy atom. The number of aliphatic hydroxyl groups excluding tert-OH is 1. The smallest absolute Gasteiger partial charge is 0.252 e. The van der Waals surface area contributed by atoms with Gasteiger partial charge in [-0.25, -0.2) is 4.99 Å². The molecule has 30 heavy (non-hydrogen) atoms. The van der Waals surface area contributed by atoms with Crippen LogP contribution in [0.25, 0.3) is 0 Å². The van der Waals surface area contributed by atoms with E-state index in [1.807, 2.05) is 48.5 Å². The zero-order valence-electron chi connectivity index (χ0n) is 16.6. The molecule has 1 saturated carbocycles. The minimum absolute atomic E-state index is 0.0770. The molecule has 0 radical (unpaired) electrons. The van der Waals surface area contributed by atoms with Gasteiger partial charge in [0, 0.05) is 35.5 Å². The molecule has 0 bridgehead atoms. The van der Waals surface area contributed by atoms with E-state index in [2.05, 4.69) is 21.2 Å². The summed E-state index contributed by atoms with van der Waals surface area (Å²) in [6, 6.07) is 15.6. The van der Waals surface area contributed by atoms with Crippen LogP contribution in [0.5, 0.6) is 5.75 Å². The van der Waals surface area contributed by atoms with Crippen molar-refractivity contribution in [1.82, 2.24) is 5.32 Å². The van der Waals surface area contributed by atoms with Gasteiger partial charge in [-0.1, -0.05) is 28.1 Å². The van der Waals surface area contributed by atoms with Gasteiger partial charge < -0.3 is 19.9 Å². The standard InChI is InChI=1S/C23H25BrN2O4/c24-18-6-2-16(3-7-18)14-23(22(28)25-19-8-9-19)15-30-21(26-23)17-4-10-20(11-5-17)29-13-1-12-27/h2-7,10-11,19,27H,1,8-9,12-15H2,(H,25,28)/t23-/m1/s1. The Kier molecular flexibility index (Phi) is 6.39. The van der Waals surface area contributed by atoms with E-state index in [-0.39, 0.29) is 25.2 Å². The number of rotatable bonds is 9. The normalized spacial score (nSPS) is 20.4. The van der Waals surface area contributed by atoms with Crippen LogP contribution in [0.4, 0.5) is 0 Å². The molecule has 6 nitrogen and oxygen atoms in total. The van der Waals surface area contributed by atoms with Crippen LogP contribution in [0.15, 0.2) is 58.0 Å². The molecule has 158 valence electrons. The van der Waals surface area contributed by atoms with Crippen molar-refractivity contribution in [2.24, 2.45) is 4.99 Å². The monoisotopic (exact) mass is 472 g/mol. The minimum atomic E-state index is -0.970. The quantitative estimate of drug-likeness (QED) is 0.548. The summed E-state index contributed by atoms with van der Waals surface area (Å²) in [5.41, 5.74) is 0.869. The second-order valence-corrected chi connectivity index (χ2v) is 8.65. The summed E-state index contributed by atoms with van der Waals surface area (Å²) in [5.74, 6) is 1.12. The molecule has 1 amide bonds. The van der Waals surface area contributed by atoms with Crippen LogP contribution in [-0.4, -0.2) is 48.3 Å². The molecule has 2 aromatic carbocycles. The zero-order chi connectivity index (χ0) is 21.0. The molecule has 0 spiro atoms. The highest BCUT2D eigenvalue weighted by Crippen LogP contribution is 2.30. The number of carbonyl (C=O) groups is 1. The lowest BCUT2D eigenvalue weighted by atomic mass is 9.91. The fraction of sp³-hybridized carbons (Fsp3) is 0.391. The minimum Gasteiger partial charge on any atom is -0.494 e. The predicted molar refractivity (Wildman–Crippen MR) is 118 cm³/mol. The maximum atomic E-state index is 13.1. The van der Waals surface area contributed by atoms with Crippen molar-refractivity contribution < 1.29 is 19.4 Å². The Morgan fingerprint density at radius 3 is 2.60 bits per heavy atom. The van der Waals surface area contributed by atoms with Gasteiger partial charge in [0.2, 0.25) is 5.90 Å². The van der Waals surface area contributed by atoms with Crippen LogP contribution in [-0.2, 0) is 16.0 Å². The molecule has 2 N–H and O–H groups in total. The van der Waals surface area contributed by atoms with Crippen molar-refractivity contribution in [2.75, 3.05) is 19.8 Å². The van der Waals surface area contributed by atoms with E-state index >= 15 is 0 Å². The van der Waals surface area contributed by atoms with E-state index in [0.717, 1.165) is 34.2 Å². The summed E-state index contributed by atoms with van der Waals surface area (Å²) in [4.78, 5) is 17.9. The topological polar surface area (TPSA) is 80.2 Å². The van der Waals surface area contributed by atoms with Gasteiger partial charge in [-0.3, -0.25) is 4.79 Å². The Labute approximate surface area is 184 Å². The van der Waals surface area contributed by atoms with Crippen LogP contribution in [0.3, 0.4) is 0 Å². The first-order valence-corrected chi connectivity index (χ1v) is 11.0. The van der Waals surface area contributed by atoms with E-state index in [0.29, 0.717) is 25.3 Å². The highest BCUT2D eigenvalue weighted by molar-refractivity contribution is 9.10. The first-order chi connectivity index (χ1) is 14.6. The fourth-order valence-corrected chi connectivity index (χ4v) is 3.58. The summed E-state index contributed by atoms with van der Waals surface area (Å²) >= 11 is 3.45. The summed E-state index contributed by atoms with van der Waals surface area (Å²) in [6.07, 6.45) is 3.11. The summed E-state index contributed by atoms with van der Waals surface area (Å²) in [6.45, 7) is 0.780. The highest BCUT2D eigenvalue weighted by Gasteiger charge is 2.46. The van der Waals surface area contributed by atoms with Crippen LogP contribution >= 0.6 is 15.9 Å². The molecule has 1 aliphatic carbocycles.